The quantitative estimate of drug-likeness (QED) is 0.676. The lowest BCUT2D eigenvalue weighted by molar-refractivity contribution is 0.105. The van der Waals surface area contributed by atoms with Gasteiger partial charge in [0.25, 0.3) is 0 Å². The number of benzene rings is 1. The number of ketones is 1. The van der Waals surface area contributed by atoms with Crippen molar-refractivity contribution in [3.63, 3.8) is 0 Å². The summed E-state index contributed by atoms with van der Waals surface area (Å²) in [6.07, 6.45) is 1.56. The summed E-state index contributed by atoms with van der Waals surface area (Å²) in [7, 11) is 1.69. The summed E-state index contributed by atoms with van der Waals surface area (Å²) in [6.45, 7) is 6.47. The number of methoxy groups -OCH3 is 1. The number of fused-ring (bicyclic) bond motifs is 3. The van der Waals surface area contributed by atoms with E-state index in [1.165, 1.54) is 0 Å². The molecule has 2 aromatic rings. The average Bonchev–Trinajstić information content (AvgIpc) is 2.98. The second kappa shape index (κ2) is 5.53. The molecule has 0 spiro atoms. The number of nitrogens with zero attached hydrogens (tertiary/aromatic N) is 1. The highest BCUT2D eigenvalue weighted by Gasteiger charge is 2.43. The van der Waals surface area contributed by atoms with E-state index in [4.69, 9.17) is 4.74 Å². The third-order valence-corrected chi connectivity index (χ3v) is 6.00. The summed E-state index contributed by atoms with van der Waals surface area (Å²) < 4.78 is 6.38. The van der Waals surface area contributed by atoms with Crippen LogP contribution in [0.5, 0.6) is 5.75 Å². The van der Waals surface area contributed by atoms with Crippen LogP contribution >= 0.6 is 15.9 Å². The number of hydrogen-bond donors (Lipinski definition) is 0. The van der Waals surface area contributed by atoms with Crippen LogP contribution < -0.4 is 4.74 Å². The van der Waals surface area contributed by atoms with Gasteiger partial charge in [0.2, 0.25) is 0 Å². The van der Waals surface area contributed by atoms with Crippen LogP contribution in [0.4, 0.5) is 0 Å². The minimum atomic E-state index is -0.231. The summed E-state index contributed by atoms with van der Waals surface area (Å²) in [4.78, 5) is 18.0. The number of aromatic nitrogens is 1. The molecule has 1 aromatic carbocycles. The summed E-state index contributed by atoms with van der Waals surface area (Å²) >= 11 is 3.44. The zero-order valence-electron chi connectivity index (χ0n) is 14.9. The van der Waals surface area contributed by atoms with E-state index < -0.39 is 0 Å². The molecule has 2 aliphatic rings. The molecule has 4 rings (SSSR count). The first-order chi connectivity index (χ1) is 11.9. The number of pyridine rings is 1. The monoisotopic (exact) mass is 397 g/mol. The van der Waals surface area contributed by atoms with E-state index in [0.29, 0.717) is 0 Å². The lowest BCUT2D eigenvalue weighted by atomic mass is 9.68. The van der Waals surface area contributed by atoms with Crippen molar-refractivity contribution < 1.29 is 9.53 Å². The maximum atomic E-state index is 13.4. The molecule has 0 fully saturated rings. The molecule has 0 aliphatic heterocycles. The number of ether oxygens (including phenoxy) is 1. The van der Waals surface area contributed by atoms with Crippen molar-refractivity contribution in [1.29, 1.82) is 0 Å². The first-order valence-electron chi connectivity index (χ1n) is 8.54. The molecule has 128 valence electrons. The number of allylic oxidation sites excluding steroid dienone is 2. The van der Waals surface area contributed by atoms with Gasteiger partial charge in [-0.1, -0.05) is 20.8 Å². The summed E-state index contributed by atoms with van der Waals surface area (Å²) in [5, 5.41) is 0. The molecule has 0 radical (unpaired) electrons. The molecule has 3 nitrogen and oxygen atoms in total. The Labute approximate surface area is 156 Å². The van der Waals surface area contributed by atoms with Crippen LogP contribution in [-0.2, 0) is 18.3 Å². The van der Waals surface area contributed by atoms with Gasteiger partial charge in [-0.2, -0.15) is 0 Å². The van der Waals surface area contributed by atoms with Crippen LogP contribution in [-0.4, -0.2) is 17.9 Å². The van der Waals surface area contributed by atoms with Crippen LogP contribution in [0.1, 0.15) is 53.5 Å². The second-order valence-electron chi connectivity index (χ2n) is 7.18. The Bertz CT molecular complexity index is 957. The molecule has 0 unspecified atom stereocenters. The Morgan fingerprint density at radius 2 is 2.00 bits per heavy atom. The van der Waals surface area contributed by atoms with Crippen LogP contribution in [0.3, 0.4) is 0 Å². The molecule has 0 amide bonds. The lowest BCUT2D eigenvalue weighted by Crippen LogP contribution is -2.30. The Kier molecular flexibility index (Phi) is 3.66. The first-order valence-corrected chi connectivity index (χ1v) is 9.33. The summed E-state index contributed by atoms with van der Waals surface area (Å²) in [6, 6.07) is 8.00. The Balaban J connectivity index is 1.97. The standard InChI is InChI=1S/C21H20BrNO2/c1-5-11-8-13-14(10-17(11)25-4)21(2,3)15-9-16-12(19(15)20(13)24)6-7-18(22)23-16/h6-8,10H,5,9H2,1-4H3. The van der Waals surface area contributed by atoms with Crippen molar-refractivity contribution in [2.45, 2.75) is 39.0 Å². The molecule has 0 N–H and O–H groups in total. The van der Waals surface area contributed by atoms with Crippen LogP contribution in [0.25, 0.3) is 5.57 Å². The number of Topliss-reactive ketones (excluding diaryl/α,β-unsaturated/α-hetero) is 1. The summed E-state index contributed by atoms with van der Waals surface area (Å²) in [5.41, 5.74) is 6.67. The fourth-order valence-corrected chi connectivity index (χ4v) is 4.49. The highest BCUT2D eigenvalue weighted by molar-refractivity contribution is 9.10. The van der Waals surface area contributed by atoms with Crippen LogP contribution in [0, 0.1) is 0 Å². The summed E-state index contributed by atoms with van der Waals surface area (Å²) in [5.74, 6) is 0.979. The highest BCUT2D eigenvalue weighted by atomic mass is 79.9. The minimum Gasteiger partial charge on any atom is -0.496 e. The molecular weight excluding hydrogens is 378 g/mol. The van der Waals surface area contributed by atoms with Gasteiger partial charge >= 0.3 is 0 Å². The van der Waals surface area contributed by atoms with Gasteiger partial charge in [-0.3, -0.25) is 4.79 Å². The highest BCUT2D eigenvalue weighted by Crippen LogP contribution is 2.50. The van der Waals surface area contributed by atoms with Crippen LogP contribution in [0.15, 0.2) is 34.4 Å². The zero-order chi connectivity index (χ0) is 17.9. The van der Waals surface area contributed by atoms with E-state index in [-0.39, 0.29) is 11.2 Å². The Morgan fingerprint density at radius 3 is 2.68 bits per heavy atom. The average molecular weight is 398 g/mol. The molecule has 4 heteroatoms. The van der Waals surface area contributed by atoms with Crippen molar-refractivity contribution in [2.24, 2.45) is 0 Å². The van der Waals surface area contributed by atoms with Crippen molar-refractivity contribution in [1.82, 2.24) is 4.98 Å². The minimum absolute atomic E-state index is 0.115. The van der Waals surface area contributed by atoms with E-state index in [0.717, 1.165) is 62.3 Å². The molecule has 2 aliphatic carbocycles. The maximum Gasteiger partial charge on any atom is 0.194 e. The molecule has 0 atom stereocenters. The largest absolute Gasteiger partial charge is 0.496 e. The molecular formula is C21H20BrNO2. The maximum absolute atomic E-state index is 13.4. The second-order valence-corrected chi connectivity index (χ2v) is 7.99. The SMILES string of the molecule is CCc1cc2c(cc1OC)C(C)(C)C1=C(C2=O)c2ccc(Br)nc2C1. The lowest BCUT2D eigenvalue weighted by Gasteiger charge is -2.35. The molecule has 0 bridgehead atoms. The normalized spacial score (nSPS) is 17.2. The Morgan fingerprint density at radius 1 is 1.24 bits per heavy atom. The molecule has 1 heterocycles. The molecule has 1 aromatic heterocycles. The predicted molar refractivity (Wildman–Crippen MR) is 102 cm³/mol. The predicted octanol–water partition coefficient (Wildman–Crippen LogP) is 4.90. The van der Waals surface area contributed by atoms with Crippen molar-refractivity contribution >= 4 is 27.3 Å². The van der Waals surface area contributed by atoms with Gasteiger partial charge in [-0.15, -0.1) is 0 Å². The van der Waals surface area contributed by atoms with Crippen LogP contribution in [0.2, 0.25) is 0 Å². The van der Waals surface area contributed by atoms with E-state index in [2.05, 4.69) is 47.8 Å². The van der Waals surface area contributed by atoms with E-state index >= 15 is 0 Å². The number of carbonyl (C=O) groups excluding carboxylic acids is 1. The molecule has 0 saturated heterocycles. The van der Waals surface area contributed by atoms with Gasteiger partial charge in [0.15, 0.2) is 5.78 Å². The fraction of sp³-hybridized carbons (Fsp3) is 0.333. The van der Waals surface area contributed by atoms with Gasteiger partial charge in [0, 0.05) is 28.5 Å². The third-order valence-electron chi connectivity index (χ3n) is 5.56. The van der Waals surface area contributed by atoms with Gasteiger partial charge in [-0.25, -0.2) is 4.98 Å². The molecule has 25 heavy (non-hydrogen) atoms. The van der Waals surface area contributed by atoms with Gasteiger partial charge in [0.1, 0.15) is 10.4 Å². The van der Waals surface area contributed by atoms with Crippen molar-refractivity contribution in [2.75, 3.05) is 7.11 Å². The topological polar surface area (TPSA) is 39.2 Å². The van der Waals surface area contributed by atoms with Gasteiger partial charge < -0.3 is 4.74 Å². The Hall–Kier alpha value is -1.94. The smallest absolute Gasteiger partial charge is 0.194 e. The van der Waals surface area contributed by atoms with Gasteiger partial charge in [0.05, 0.1) is 12.8 Å². The zero-order valence-corrected chi connectivity index (χ0v) is 16.5. The number of carbonyl (C=O) groups is 1. The number of halogens is 1. The molecule has 0 saturated carbocycles. The fourth-order valence-electron chi connectivity index (χ4n) is 4.14. The number of hydrogen-bond acceptors (Lipinski definition) is 3. The number of aryl methyl sites for hydroxylation is 1. The van der Waals surface area contributed by atoms with E-state index in [1.807, 2.05) is 18.2 Å². The van der Waals surface area contributed by atoms with Crippen molar-refractivity contribution in [3.05, 3.63) is 62.4 Å². The van der Waals surface area contributed by atoms with Crippen molar-refractivity contribution in [3.8, 4) is 5.75 Å². The first kappa shape index (κ1) is 16.5. The third kappa shape index (κ3) is 2.23. The van der Waals surface area contributed by atoms with Gasteiger partial charge in [-0.05, 0) is 63.3 Å². The van der Waals surface area contributed by atoms with E-state index in [9.17, 15) is 4.79 Å². The van der Waals surface area contributed by atoms with E-state index in [1.54, 1.807) is 7.11 Å². The number of rotatable bonds is 2.